The highest BCUT2D eigenvalue weighted by Crippen LogP contribution is 2.44. The number of rotatable bonds is 3. The molecule has 2 aliphatic rings. The largest absolute Gasteiger partial charge is 0.324 e. The topological polar surface area (TPSA) is 95.8 Å². The van der Waals surface area contributed by atoms with Gasteiger partial charge in [-0.2, -0.15) is 0 Å². The predicted octanol–water partition coefficient (Wildman–Crippen LogP) is 3.95. The standard InChI is InChI=1S/C21H21FN4O4S/c22-17-6-1-2-7-18(17)23-20(28)24-10-8-21(9-11-24)25(12-13-31-21)19(27)15-4-3-5-16(14-15)26(29)30/h1-7,14H,8-13H2,(H,23,28). The number of nitrogens with one attached hydrogen (secondary N) is 1. The van der Waals surface area contributed by atoms with Crippen LogP contribution in [0.2, 0.25) is 0 Å². The maximum Gasteiger partial charge on any atom is 0.321 e. The van der Waals surface area contributed by atoms with Crippen molar-refractivity contribution in [3.05, 3.63) is 70.0 Å². The van der Waals surface area contributed by atoms with Crippen LogP contribution in [0.3, 0.4) is 0 Å². The molecule has 2 aliphatic heterocycles. The number of halogens is 1. The van der Waals surface area contributed by atoms with Crippen LogP contribution in [0.4, 0.5) is 20.6 Å². The van der Waals surface area contributed by atoms with Gasteiger partial charge in [-0.25, -0.2) is 9.18 Å². The lowest BCUT2D eigenvalue weighted by molar-refractivity contribution is -0.384. The average Bonchev–Trinajstić information content (AvgIpc) is 3.18. The van der Waals surface area contributed by atoms with Crippen molar-refractivity contribution in [2.45, 2.75) is 17.7 Å². The minimum Gasteiger partial charge on any atom is -0.324 e. The predicted molar refractivity (Wildman–Crippen MR) is 116 cm³/mol. The SMILES string of the molecule is O=C(Nc1ccccc1F)N1CCC2(CC1)SCCN2C(=O)c1cccc([N+](=O)[O-])c1. The number of thioether (sulfide) groups is 1. The number of non-ortho nitro benzene ring substituents is 1. The molecule has 0 unspecified atom stereocenters. The third-order valence-electron chi connectivity index (χ3n) is 5.67. The summed E-state index contributed by atoms with van der Waals surface area (Å²) in [6.07, 6.45) is 1.14. The Morgan fingerprint density at radius 3 is 2.55 bits per heavy atom. The minimum atomic E-state index is -0.516. The van der Waals surface area contributed by atoms with Crippen LogP contribution < -0.4 is 5.32 Å². The van der Waals surface area contributed by atoms with E-state index in [9.17, 15) is 24.1 Å². The van der Waals surface area contributed by atoms with Crippen molar-refractivity contribution in [3.63, 3.8) is 0 Å². The molecule has 2 fully saturated rings. The highest BCUT2D eigenvalue weighted by Gasteiger charge is 2.47. The van der Waals surface area contributed by atoms with Gasteiger partial charge < -0.3 is 15.1 Å². The number of hydrogen-bond donors (Lipinski definition) is 1. The lowest BCUT2D eigenvalue weighted by atomic mass is 10.0. The van der Waals surface area contributed by atoms with Gasteiger partial charge in [-0.3, -0.25) is 14.9 Å². The summed E-state index contributed by atoms with van der Waals surface area (Å²) in [5.41, 5.74) is 0.299. The number of benzene rings is 2. The molecule has 8 nitrogen and oxygen atoms in total. The lowest BCUT2D eigenvalue weighted by Gasteiger charge is -2.44. The highest BCUT2D eigenvalue weighted by atomic mass is 32.2. The van der Waals surface area contributed by atoms with Gasteiger partial charge in [0.05, 0.1) is 15.5 Å². The van der Waals surface area contributed by atoms with Gasteiger partial charge >= 0.3 is 6.03 Å². The summed E-state index contributed by atoms with van der Waals surface area (Å²) in [4.78, 5) is 39.2. The molecular weight excluding hydrogens is 423 g/mol. The van der Waals surface area contributed by atoms with Gasteiger partial charge in [0.25, 0.3) is 11.6 Å². The van der Waals surface area contributed by atoms with Crippen LogP contribution >= 0.6 is 11.8 Å². The van der Waals surface area contributed by atoms with Crippen LogP contribution in [-0.4, -0.2) is 56.9 Å². The molecule has 2 aromatic rings. The summed E-state index contributed by atoms with van der Waals surface area (Å²) in [5.74, 6) is 0.0320. The number of anilines is 1. The van der Waals surface area contributed by atoms with Crippen molar-refractivity contribution in [3.8, 4) is 0 Å². The van der Waals surface area contributed by atoms with E-state index in [-0.39, 0.29) is 28.9 Å². The highest BCUT2D eigenvalue weighted by molar-refractivity contribution is 8.00. The number of carbonyl (C=O) groups is 2. The van der Waals surface area contributed by atoms with Crippen molar-refractivity contribution in [1.29, 1.82) is 0 Å². The molecule has 2 heterocycles. The van der Waals surface area contributed by atoms with E-state index in [4.69, 9.17) is 0 Å². The molecule has 4 rings (SSSR count). The first-order chi connectivity index (χ1) is 14.9. The Labute approximate surface area is 182 Å². The number of amides is 3. The summed E-state index contributed by atoms with van der Waals surface area (Å²) >= 11 is 1.68. The molecule has 1 spiro atoms. The normalized spacial score (nSPS) is 17.6. The lowest BCUT2D eigenvalue weighted by Crippen LogP contribution is -2.54. The summed E-state index contributed by atoms with van der Waals surface area (Å²) in [6.45, 7) is 1.39. The van der Waals surface area contributed by atoms with Crippen molar-refractivity contribution in [2.24, 2.45) is 0 Å². The molecule has 1 N–H and O–H groups in total. The number of nitro benzene ring substituents is 1. The third kappa shape index (κ3) is 4.20. The van der Waals surface area contributed by atoms with Crippen molar-refractivity contribution < 1.29 is 18.9 Å². The van der Waals surface area contributed by atoms with Crippen LogP contribution in [0.5, 0.6) is 0 Å². The Hall–Kier alpha value is -3.14. The molecule has 0 atom stereocenters. The second-order valence-corrected chi connectivity index (χ2v) is 8.91. The first kappa shape index (κ1) is 21.1. The van der Waals surface area contributed by atoms with Crippen molar-refractivity contribution >= 4 is 35.1 Å². The van der Waals surface area contributed by atoms with Crippen LogP contribution in [0.25, 0.3) is 0 Å². The number of hydrogen-bond acceptors (Lipinski definition) is 5. The Bertz CT molecular complexity index is 1030. The molecule has 162 valence electrons. The zero-order valence-corrected chi connectivity index (χ0v) is 17.4. The van der Waals surface area contributed by atoms with Crippen molar-refractivity contribution in [2.75, 3.05) is 30.7 Å². The van der Waals surface area contributed by atoms with Crippen LogP contribution in [0.1, 0.15) is 23.2 Å². The van der Waals surface area contributed by atoms with Crippen LogP contribution in [-0.2, 0) is 0 Å². The smallest absolute Gasteiger partial charge is 0.321 e. The number of urea groups is 1. The number of nitrogens with zero attached hydrogens (tertiary/aromatic N) is 3. The fraction of sp³-hybridized carbons (Fsp3) is 0.333. The summed E-state index contributed by atoms with van der Waals surface area (Å²) in [5, 5.41) is 13.7. The quantitative estimate of drug-likeness (QED) is 0.571. The molecule has 0 aliphatic carbocycles. The first-order valence-corrected chi connectivity index (χ1v) is 10.9. The van der Waals surface area contributed by atoms with Gasteiger partial charge in [-0.1, -0.05) is 18.2 Å². The molecule has 3 amide bonds. The number of carbonyl (C=O) groups excluding carboxylic acids is 2. The monoisotopic (exact) mass is 444 g/mol. The van der Waals surface area contributed by atoms with Crippen LogP contribution in [0.15, 0.2) is 48.5 Å². The first-order valence-electron chi connectivity index (χ1n) is 9.90. The summed E-state index contributed by atoms with van der Waals surface area (Å²) in [7, 11) is 0. The molecule has 10 heteroatoms. The molecule has 2 saturated heterocycles. The maximum atomic E-state index is 13.8. The molecule has 0 radical (unpaired) electrons. The Kier molecular flexibility index (Phi) is 5.81. The fourth-order valence-corrected chi connectivity index (χ4v) is 5.49. The molecule has 31 heavy (non-hydrogen) atoms. The number of likely N-dealkylation sites (tertiary alicyclic amines) is 1. The van der Waals surface area contributed by atoms with Crippen molar-refractivity contribution in [1.82, 2.24) is 9.80 Å². The van der Waals surface area contributed by atoms with Gasteiger partial charge in [0, 0.05) is 43.1 Å². The zero-order chi connectivity index (χ0) is 22.0. The molecule has 0 saturated carbocycles. The molecular formula is C21H21FN4O4S. The maximum absolute atomic E-state index is 13.8. The molecule has 2 aromatic carbocycles. The second-order valence-electron chi connectivity index (χ2n) is 7.46. The minimum absolute atomic E-state index is 0.119. The van der Waals surface area contributed by atoms with Gasteiger partial charge in [0.15, 0.2) is 0 Å². The van der Waals surface area contributed by atoms with Gasteiger partial charge in [0.1, 0.15) is 5.82 Å². The van der Waals surface area contributed by atoms with E-state index in [0.29, 0.717) is 32.5 Å². The number of piperidine rings is 1. The zero-order valence-electron chi connectivity index (χ0n) is 16.6. The van der Waals surface area contributed by atoms with Crippen LogP contribution in [0, 0.1) is 15.9 Å². The van der Waals surface area contributed by atoms with E-state index in [1.807, 2.05) is 0 Å². The van der Waals surface area contributed by atoms with E-state index in [1.54, 1.807) is 39.8 Å². The Morgan fingerprint density at radius 1 is 1.10 bits per heavy atom. The molecule has 0 aromatic heterocycles. The fourth-order valence-electron chi connectivity index (χ4n) is 4.03. The van der Waals surface area contributed by atoms with E-state index in [0.717, 1.165) is 5.75 Å². The third-order valence-corrected chi connectivity index (χ3v) is 7.23. The summed E-state index contributed by atoms with van der Waals surface area (Å²) in [6, 6.07) is 11.4. The Morgan fingerprint density at radius 2 is 1.84 bits per heavy atom. The molecule has 0 bridgehead atoms. The van der Waals surface area contributed by atoms with E-state index in [2.05, 4.69) is 5.32 Å². The second kappa shape index (κ2) is 8.54. The van der Waals surface area contributed by atoms with Gasteiger partial charge in [0.2, 0.25) is 0 Å². The average molecular weight is 444 g/mol. The number of nitro groups is 1. The van der Waals surface area contributed by atoms with E-state index in [1.165, 1.54) is 30.3 Å². The number of para-hydroxylation sites is 1. The van der Waals surface area contributed by atoms with E-state index < -0.39 is 15.6 Å². The van der Waals surface area contributed by atoms with Gasteiger partial charge in [-0.15, -0.1) is 11.8 Å². The van der Waals surface area contributed by atoms with E-state index >= 15 is 0 Å². The summed E-state index contributed by atoms with van der Waals surface area (Å²) < 4.78 is 13.8. The van der Waals surface area contributed by atoms with Gasteiger partial charge in [-0.05, 0) is 31.0 Å². The Balaban J connectivity index is 1.44.